The van der Waals surface area contributed by atoms with Crippen molar-refractivity contribution in [1.29, 1.82) is 0 Å². The number of nitrogens with one attached hydrogen (secondary N) is 1. The van der Waals surface area contributed by atoms with Gasteiger partial charge >= 0.3 is 0 Å². The second-order valence-electron chi connectivity index (χ2n) is 4.35. The molecular formula is C11H21N3OS. The lowest BCUT2D eigenvalue weighted by atomic mass is 10.3. The number of hydrogen-bond donors (Lipinski definition) is 1. The van der Waals surface area contributed by atoms with Crippen molar-refractivity contribution in [3.63, 3.8) is 0 Å². The molecule has 92 valence electrons. The van der Waals surface area contributed by atoms with E-state index in [-0.39, 0.29) is 0 Å². The summed E-state index contributed by atoms with van der Waals surface area (Å²) < 4.78 is 5.34. The summed E-state index contributed by atoms with van der Waals surface area (Å²) in [5.74, 6) is 1.20. The summed E-state index contributed by atoms with van der Waals surface area (Å²) in [5, 5.41) is 4.63. The minimum Gasteiger partial charge on any atom is -0.379 e. The maximum absolute atomic E-state index is 5.34. The standard InChI is InChI=1S/C11H21N3OS/c1-10(9-14-4-6-15-7-5-14)13-11-12-3-2-8-16-11/h10H,2-9H2,1H3,(H,12,13). The highest BCUT2D eigenvalue weighted by atomic mass is 32.2. The maximum atomic E-state index is 5.34. The van der Waals surface area contributed by atoms with E-state index in [1.807, 2.05) is 11.8 Å². The molecular weight excluding hydrogens is 222 g/mol. The molecule has 0 radical (unpaired) electrons. The Morgan fingerprint density at radius 3 is 3.00 bits per heavy atom. The van der Waals surface area contributed by atoms with Crippen LogP contribution in [0, 0.1) is 0 Å². The Balaban J connectivity index is 1.70. The van der Waals surface area contributed by atoms with Crippen LogP contribution < -0.4 is 5.32 Å². The number of nitrogens with zero attached hydrogens (tertiary/aromatic N) is 2. The van der Waals surface area contributed by atoms with Crippen LogP contribution in [0.25, 0.3) is 0 Å². The van der Waals surface area contributed by atoms with Crippen LogP contribution in [-0.4, -0.2) is 61.3 Å². The van der Waals surface area contributed by atoms with Gasteiger partial charge in [-0.1, -0.05) is 11.8 Å². The smallest absolute Gasteiger partial charge is 0.156 e. The molecule has 2 heterocycles. The van der Waals surface area contributed by atoms with Crippen molar-refractivity contribution in [3.8, 4) is 0 Å². The van der Waals surface area contributed by atoms with Gasteiger partial charge in [0, 0.05) is 38.0 Å². The quantitative estimate of drug-likeness (QED) is 0.795. The molecule has 2 aliphatic rings. The van der Waals surface area contributed by atoms with Crippen LogP contribution in [0.2, 0.25) is 0 Å². The Bertz CT molecular complexity index is 241. The molecule has 5 heteroatoms. The maximum Gasteiger partial charge on any atom is 0.156 e. The van der Waals surface area contributed by atoms with Gasteiger partial charge < -0.3 is 10.1 Å². The summed E-state index contributed by atoms with van der Waals surface area (Å²) in [6, 6.07) is 0.474. The molecule has 16 heavy (non-hydrogen) atoms. The van der Waals surface area contributed by atoms with Crippen molar-refractivity contribution in [2.75, 3.05) is 45.1 Å². The molecule has 2 rings (SSSR count). The van der Waals surface area contributed by atoms with Crippen molar-refractivity contribution in [1.82, 2.24) is 10.2 Å². The molecule has 4 nitrogen and oxygen atoms in total. The average molecular weight is 243 g/mol. The minimum absolute atomic E-state index is 0.474. The first kappa shape index (κ1) is 12.2. The Kier molecular flexibility index (Phi) is 4.93. The number of amidine groups is 1. The molecule has 0 aromatic heterocycles. The molecule has 1 atom stereocenters. The van der Waals surface area contributed by atoms with E-state index in [0.717, 1.165) is 44.6 Å². The Hall–Kier alpha value is -0.260. The van der Waals surface area contributed by atoms with E-state index < -0.39 is 0 Å². The Morgan fingerprint density at radius 2 is 2.31 bits per heavy atom. The van der Waals surface area contributed by atoms with Crippen molar-refractivity contribution in [2.24, 2.45) is 4.99 Å². The van der Waals surface area contributed by atoms with E-state index in [0.29, 0.717) is 6.04 Å². The van der Waals surface area contributed by atoms with Gasteiger partial charge in [-0.2, -0.15) is 0 Å². The number of aliphatic imine (C=N–C) groups is 1. The van der Waals surface area contributed by atoms with Gasteiger partial charge in [0.2, 0.25) is 0 Å². The topological polar surface area (TPSA) is 36.9 Å². The normalized spacial score (nSPS) is 24.9. The van der Waals surface area contributed by atoms with Gasteiger partial charge in [-0.15, -0.1) is 0 Å². The molecule has 0 aromatic carbocycles. The van der Waals surface area contributed by atoms with Crippen LogP contribution in [0.5, 0.6) is 0 Å². The fourth-order valence-electron chi connectivity index (χ4n) is 1.97. The molecule has 0 amide bonds. The summed E-state index contributed by atoms with van der Waals surface area (Å²) >= 11 is 1.85. The highest BCUT2D eigenvalue weighted by molar-refractivity contribution is 8.13. The molecule has 2 aliphatic heterocycles. The van der Waals surface area contributed by atoms with Gasteiger partial charge in [-0.25, -0.2) is 0 Å². The zero-order valence-corrected chi connectivity index (χ0v) is 10.8. The molecule has 0 spiro atoms. The predicted molar refractivity (Wildman–Crippen MR) is 69.2 cm³/mol. The second kappa shape index (κ2) is 6.47. The number of rotatable bonds is 3. The summed E-state index contributed by atoms with van der Waals surface area (Å²) in [6.45, 7) is 8.18. The molecule has 1 unspecified atom stereocenters. The van der Waals surface area contributed by atoms with Crippen molar-refractivity contribution < 1.29 is 4.74 Å². The minimum atomic E-state index is 0.474. The number of ether oxygens (including phenoxy) is 1. The predicted octanol–water partition coefficient (Wildman–Crippen LogP) is 0.790. The largest absolute Gasteiger partial charge is 0.379 e. The molecule has 0 aliphatic carbocycles. The van der Waals surface area contributed by atoms with Crippen LogP contribution in [0.3, 0.4) is 0 Å². The van der Waals surface area contributed by atoms with E-state index in [2.05, 4.69) is 22.1 Å². The monoisotopic (exact) mass is 243 g/mol. The molecule has 0 saturated carbocycles. The van der Waals surface area contributed by atoms with E-state index in [4.69, 9.17) is 4.74 Å². The molecule has 1 fully saturated rings. The van der Waals surface area contributed by atoms with Crippen molar-refractivity contribution in [2.45, 2.75) is 19.4 Å². The van der Waals surface area contributed by atoms with Gasteiger partial charge in [-0.05, 0) is 13.3 Å². The van der Waals surface area contributed by atoms with Gasteiger partial charge in [0.1, 0.15) is 0 Å². The number of morpholine rings is 1. The molecule has 0 aromatic rings. The first-order valence-electron chi connectivity index (χ1n) is 6.08. The Morgan fingerprint density at radius 1 is 1.50 bits per heavy atom. The SMILES string of the molecule is CC(CN1CCOCC1)NC1=NCCCS1. The zero-order chi connectivity index (χ0) is 11.2. The van der Waals surface area contributed by atoms with Crippen LogP contribution in [-0.2, 0) is 4.74 Å². The fraction of sp³-hybridized carbons (Fsp3) is 0.909. The van der Waals surface area contributed by atoms with Crippen molar-refractivity contribution >= 4 is 16.9 Å². The summed E-state index contributed by atoms with van der Waals surface area (Å²) in [6.07, 6.45) is 1.22. The zero-order valence-electron chi connectivity index (χ0n) is 9.95. The molecule has 1 N–H and O–H groups in total. The van der Waals surface area contributed by atoms with Gasteiger partial charge in [-0.3, -0.25) is 9.89 Å². The third-order valence-corrected chi connectivity index (χ3v) is 3.82. The summed E-state index contributed by atoms with van der Waals surface area (Å²) in [4.78, 5) is 6.94. The Labute approximate surface area is 102 Å². The van der Waals surface area contributed by atoms with E-state index in [1.54, 1.807) is 0 Å². The van der Waals surface area contributed by atoms with Crippen molar-refractivity contribution in [3.05, 3.63) is 0 Å². The first-order valence-corrected chi connectivity index (χ1v) is 7.07. The molecule has 1 saturated heterocycles. The third kappa shape index (κ3) is 3.96. The van der Waals surface area contributed by atoms with E-state index >= 15 is 0 Å². The van der Waals surface area contributed by atoms with Crippen LogP contribution in [0.1, 0.15) is 13.3 Å². The lowest BCUT2D eigenvalue weighted by Crippen LogP contribution is -2.45. The van der Waals surface area contributed by atoms with E-state index in [9.17, 15) is 0 Å². The lowest BCUT2D eigenvalue weighted by molar-refractivity contribution is 0.0353. The average Bonchev–Trinajstić information content (AvgIpc) is 2.31. The summed E-state index contributed by atoms with van der Waals surface area (Å²) in [7, 11) is 0. The van der Waals surface area contributed by atoms with Gasteiger partial charge in [0.25, 0.3) is 0 Å². The van der Waals surface area contributed by atoms with Gasteiger partial charge in [0.15, 0.2) is 5.17 Å². The second-order valence-corrected chi connectivity index (χ2v) is 5.43. The van der Waals surface area contributed by atoms with Gasteiger partial charge in [0.05, 0.1) is 13.2 Å². The number of thioether (sulfide) groups is 1. The van der Waals surface area contributed by atoms with Crippen LogP contribution in [0.15, 0.2) is 4.99 Å². The highest BCUT2D eigenvalue weighted by Gasteiger charge is 2.15. The van der Waals surface area contributed by atoms with Crippen LogP contribution >= 0.6 is 11.8 Å². The lowest BCUT2D eigenvalue weighted by Gasteiger charge is -2.30. The third-order valence-electron chi connectivity index (χ3n) is 2.80. The van der Waals surface area contributed by atoms with E-state index in [1.165, 1.54) is 12.2 Å². The first-order chi connectivity index (χ1) is 7.84. The highest BCUT2D eigenvalue weighted by Crippen LogP contribution is 2.11. The molecule has 0 bridgehead atoms. The number of hydrogen-bond acceptors (Lipinski definition) is 5. The summed E-state index contributed by atoms with van der Waals surface area (Å²) in [5.41, 5.74) is 0. The fourth-order valence-corrected chi connectivity index (χ4v) is 2.91. The van der Waals surface area contributed by atoms with Crippen LogP contribution in [0.4, 0.5) is 0 Å².